The fourth-order valence-electron chi connectivity index (χ4n) is 3.03. The van der Waals surface area contributed by atoms with Crippen LogP contribution >= 0.6 is 0 Å². The Bertz CT molecular complexity index is 846. The van der Waals surface area contributed by atoms with Crippen molar-refractivity contribution in [3.63, 3.8) is 0 Å². The summed E-state index contributed by atoms with van der Waals surface area (Å²) >= 11 is 0. The second-order valence-corrected chi connectivity index (χ2v) is 7.27. The molecule has 0 spiro atoms. The average Bonchev–Trinajstić information content (AvgIpc) is 3.02. The first-order chi connectivity index (χ1) is 11.8. The summed E-state index contributed by atoms with van der Waals surface area (Å²) in [6, 6.07) is 3.72. The minimum atomic E-state index is -0.284. The number of aromatic nitrogens is 2. The highest BCUT2D eigenvalue weighted by atomic mass is 16.5. The third-order valence-electron chi connectivity index (χ3n) is 4.82. The molecule has 0 radical (unpaired) electrons. The molecule has 0 bridgehead atoms. The molecule has 3 rings (SSSR count). The van der Waals surface area contributed by atoms with Crippen molar-refractivity contribution in [2.45, 2.75) is 39.3 Å². The standard InChI is InChI=1S/C19H23N3O3/c1-19(2,3)21(4)18(24)17-20-10-15-14-8-13(11-23)16(25-5)9-12(14)6-7-22(15)17/h8-11H,6-7H2,1-5H3. The van der Waals surface area contributed by atoms with E-state index in [1.54, 1.807) is 25.3 Å². The van der Waals surface area contributed by atoms with Crippen LogP contribution in [0, 0.1) is 0 Å². The number of methoxy groups -OCH3 is 1. The van der Waals surface area contributed by atoms with Gasteiger partial charge in [0.1, 0.15) is 5.75 Å². The summed E-state index contributed by atoms with van der Waals surface area (Å²) in [5.41, 5.74) is 3.10. The molecule has 25 heavy (non-hydrogen) atoms. The number of imidazole rings is 1. The highest BCUT2D eigenvalue weighted by Gasteiger charge is 2.30. The molecule has 0 aliphatic carbocycles. The number of fused-ring (bicyclic) bond motifs is 3. The number of nitrogens with zero attached hydrogens (tertiary/aromatic N) is 3. The summed E-state index contributed by atoms with van der Waals surface area (Å²) in [4.78, 5) is 30.2. The van der Waals surface area contributed by atoms with Crippen LogP contribution in [0.3, 0.4) is 0 Å². The zero-order valence-electron chi connectivity index (χ0n) is 15.3. The van der Waals surface area contributed by atoms with Gasteiger partial charge in [-0.2, -0.15) is 0 Å². The van der Waals surface area contributed by atoms with Gasteiger partial charge in [-0.3, -0.25) is 9.59 Å². The molecule has 0 saturated heterocycles. The lowest BCUT2D eigenvalue weighted by Crippen LogP contribution is -2.43. The molecular weight excluding hydrogens is 318 g/mol. The van der Waals surface area contributed by atoms with Gasteiger partial charge in [0, 0.05) is 24.7 Å². The van der Waals surface area contributed by atoms with Crippen LogP contribution in [0.5, 0.6) is 5.75 Å². The third-order valence-corrected chi connectivity index (χ3v) is 4.82. The normalized spacial score (nSPS) is 13.0. The highest BCUT2D eigenvalue weighted by Crippen LogP contribution is 2.35. The lowest BCUT2D eigenvalue weighted by Gasteiger charge is -2.32. The first-order valence-electron chi connectivity index (χ1n) is 8.28. The molecule has 1 aromatic heterocycles. The molecule has 0 saturated carbocycles. The minimum absolute atomic E-state index is 0.105. The summed E-state index contributed by atoms with van der Waals surface area (Å²) in [5, 5.41) is 0. The van der Waals surface area contributed by atoms with Crippen LogP contribution in [0.2, 0.25) is 0 Å². The van der Waals surface area contributed by atoms with Gasteiger partial charge in [0.15, 0.2) is 12.1 Å². The largest absolute Gasteiger partial charge is 0.496 e. The maximum absolute atomic E-state index is 12.8. The van der Waals surface area contributed by atoms with Crippen LogP contribution in [0.25, 0.3) is 11.3 Å². The molecule has 0 fully saturated rings. The van der Waals surface area contributed by atoms with Crippen molar-refractivity contribution >= 4 is 12.2 Å². The van der Waals surface area contributed by atoms with Crippen LogP contribution in [0.1, 0.15) is 47.3 Å². The third kappa shape index (κ3) is 2.81. The fourth-order valence-corrected chi connectivity index (χ4v) is 3.03. The predicted octanol–water partition coefficient (Wildman–Crippen LogP) is 2.80. The van der Waals surface area contributed by atoms with Crippen LogP contribution in [0.4, 0.5) is 0 Å². The summed E-state index contributed by atoms with van der Waals surface area (Å²) < 4.78 is 7.23. The summed E-state index contributed by atoms with van der Waals surface area (Å²) in [6.07, 6.45) is 3.25. The SMILES string of the molecule is COc1cc2c(cc1C=O)-c1cnc(C(=O)N(C)C(C)(C)C)n1CC2. The number of hydrogen-bond donors (Lipinski definition) is 0. The van der Waals surface area contributed by atoms with Gasteiger partial charge in [0.05, 0.1) is 24.6 Å². The first-order valence-corrected chi connectivity index (χ1v) is 8.28. The molecule has 1 amide bonds. The van der Waals surface area contributed by atoms with E-state index in [2.05, 4.69) is 4.98 Å². The van der Waals surface area contributed by atoms with Crippen LogP contribution in [-0.4, -0.2) is 46.3 Å². The van der Waals surface area contributed by atoms with E-state index in [1.807, 2.05) is 37.5 Å². The number of carbonyl (C=O) groups is 2. The quantitative estimate of drug-likeness (QED) is 0.805. The Morgan fingerprint density at radius 2 is 2.08 bits per heavy atom. The van der Waals surface area contributed by atoms with E-state index < -0.39 is 0 Å². The molecular formula is C19H23N3O3. The van der Waals surface area contributed by atoms with E-state index in [0.29, 0.717) is 23.7 Å². The summed E-state index contributed by atoms with van der Waals surface area (Å²) in [6.45, 7) is 6.64. The minimum Gasteiger partial charge on any atom is -0.496 e. The molecule has 6 heteroatoms. The topological polar surface area (TPSA) is 64.4 Å². The van der Waals surface area contributed by atoms with Crippen molar-refractivity contribution in [3.8, 4) is 17.0 Å². The molecule has 0 atom stereocenters. The molecule has 1 aliphatic rings. The Kier molecular flexibility index (Phi) is 4.14. The number of hydrogen-bond acceptors (Lipinski definition) is 4. The monoisotopic (exact) mass is 341 g/mol. The zero-order chi connectivity index (χ0) is 18.4. The Morgan fingerprint density at radius 3 is 2.68 bits per heavy atom. The average molecular weight is 341 g/mol. The van der Waals surface area contributed by atoms with Crippen molar-refractivity contribution < 1.29 is 14.3 Å². The van der Waals surface area contributed by atoms with E-state index in [1.165, 1.54) is 0 Å². The van der Waals surface area contributed by atoms with Crippen LogP contribution in [0.15, 0.2) is 18.3 Å². The Morgan fingerprint density at radius 1 is 1.36 bits per heavy atom. The van der Waals surface area contributed by atoms with Crippen molar-refractivity contribution in [2.75, 3.05) is 14.2 Å². The lowest BCUT2D eigenvalue weighted by atomic mass is 9.96. The van der Waals surface area contributed by atoms with Gasteiger partial charge in [-0.25, -0.2) is 4.98 Å². The first kappa shape index (κ1) is 17.2. The highest BCUT2D eigenvalue weighted by molar-refractivity contribution is 5.92. The Balaban J connectivity index is 2.07. The van der Waals surface area contributed by atoms with E-state index in [9.17, 15) is 9.59 Å². The number of aryl methyl sites for hydroxylation is 1. The van der Waals surface area contributed by atoms with Crippen molar-refractivity contribution in [3.05, 3.63) is 35.3 Å². The smallest absolute Gasteiger partial charge is 0.290 e. The molecule has 1 aromatic carbocycles. The molecule has 2 heterocycles. The maximum Gasteiger partial charge on any atom is 0.290 e. The molecule has 132 valence electrons. The molecule has 0 N–H and O–H groups in total. The Labute approximate surface area is 147 Å². The molecule has 0 unspecified atom stereocenters. The van der Waals surface area contributed by atoms with E-state index in [0.717, 1.165) is 29.5 Å². The van der Waals surface area contributed by atoms with Gasteiger partial charge >= 0.3 is 0 Å². The second-order valence-electron chi connectivity index (χ2n) is 7.27. The lowest BCUT2D eigenvalue weighted by molar-refractivity contribution is 0.0637. The van der Waals surface area contributed by atoms with Gasteiger partial charge < -0.3 is 14.2 Å². The number of benzene rings is 1. The number of carbonyl (C=O) groups excluding carboxylic acids is 2. The Hall–Kier alpha value is -2.63. The predicted molar refractivity (Wildman–Crippen MR) is 95.2 cm³/mol. The van der Waals surface area contributed by atoms with Gasteiger partial charge in [-0.15, -0.1) is 0 Å². The number of rotatable bonds is 3. The molecule has 2 aromatic rings. The van der Waals surface area contributed by atoms with Crippen LogP contribution in [-0.2, 0) is 13.0 Å². The van der Waals surface area contributed by atoms with Gasteiger partial charge in [0.2, 0.25) is 0 Å². The van der Waals surface area contributed by atoms with E-state index in [4.69, 9.17) is 4.74 Å². The fraction of sp³-hybridized carbons (Fsp3) is 0.421. The zero-order valence-corrected chi connectivity index (χ0v) is 15.3. The summed E-state index contributed by atoms with van der Waals surface area (Å²) in [7, 11) is 3.34. The second kappa shape index (κ2) is 6.02. The number of aldehydes is 1. The van der Waals surface area contributed by atoms with Crippen molar-refractivity contribution in [1.29, 1.82) is 0 Å². The number of ether oxygens (including phenoxy) is 1. The molecule has 6 nitrogen and oxygen atoms in total. The van der Waals surface area contributed by atoms with E-state index in [-0.39, 0.29) is 11.4 Å². The van der Waals surface area contributed by atoms with E-state index >= 15 is 0 Å². The summed E-state index contributed by atoms with van der Waals surface area (Å²) in [5.74, 6) is 0.901. The number of amides is 1. The van der Waals surface area contributed by atoms with Crippen molar-refractivity contribution in [1.82, 2.24) is 14.5 Å². The molecule has 1 aliphatic heterocycles. The van der Waals surface area contributed by atoms with Crippen molar-refractivity contribution in [2.24, 2.45) is 0 Å². The van der Waals surface area contributed by atoms with Gasteiger partial charge in [-0.1, -0.05) is 0 Å². The van der Waals surface area contributed by atoms with Gasteiger partial charge in [-0.05, 0) is 44.9 Å². The maximum atomic E-state index is 12.8. The van der Waals surface area contributed by atoms with Gasteiger partial charge in [0.25, 0.3) is 5.91 Å². The van der Waals surface area contributed by atoms with Crippen LogP contribution < -0.4 is 4.74 Å².